The molecule has 0 fully saturated rings. The molecule has 0 saturated heterocycles. The van der Waals surface area contributed by atoms with Gasteiger partial charge in [0.2, 0.25) is 0 Å². The van der Waals surface area contributed by atoms with E-state index in [4.69, 9.17) is 5.73 Å². The van der Waals surface area contributed by atoms with Crippen LogP contribution in [0, 0.1) is 0 Å². The average Bonchev–Trinajstić information content (AvgIpc) is 2.32. The van der Waals surface area contributed by atoms with Gasteiger partial charge in [-0.15, -0.1) is 24.0 Å². The number of fused-ring (bicyclic) bond motifs is 1. The molecule has 4 heteroatoms. The molecule has 0 amide bonds. The van der Waals surface area contributed by atoms with E-state index in [1.54, 1.807) is 0 Å². The first-order valence-corrected chi connectivity index (χ1v) is 6.38. The van der Waals surface area contributed by atoms with Crippen molar-refractivity contribution in [3.05, 3.63) is 35.4 Å². The van der Waals surface area contributed by atoms with Gasteiger partial charge in [-0.3, -0.25) is 4.99 Å². The Bertz CT molecular complexity index is 413. The van der Waals surface area contributed by atoms with E-state index in [0.29, 0.717) is 11.9 Å². The average molecular weight is 359 g/mol. The molecule has 0 aromatic heterocycles. The molecule has 1 aromatic rings. The van der Waals surface area contributed by atoms with E-state index in [0.717, 1.165) is 26.1 Å². The van der Waals surface area contributed by atoms with Gasteiger partial charge in [-0.2, -0.15) is 0 Å². The van der Waals surface area contributed by atoms with E-state index in [2.05, 4.69) is 48.0 Å². The van der Waals surface area contributed by atoms with Gasteiger partial charge < -0.3 is 10.6 Å². The van der Waals surface area contributed by atoms with Crippen LogP contribution < -0.4 is 5.73 Å². The molecule has 0 heterocycles. The Kier molecular flexibility index (Phi) is 5.91. The Balaban J connectivity index is 0.00000162. The topological polar surface area (TPSA) is 41.6 Å². The van der Waals surface area contributed by atoms with Crippen LogP contribution in [0.3, 0.4) is 0 Å². The molecule has 0 saturated carbocycles. The van der Waals surface area contributed by atoms with Gasteiger partial charge in [0.1, 0.15) is 0 Å². The highest BCUT2D eigenvalue weighted by atomic mass is 127. The Morgan fingerprint density at radius 3 is 2.61 bits per heavy atom. The zero-order chi connectivity index (χ0) is 12.3. The highest BCUT2D eigenvalue weighted by Gasteiger charge is 2.24. The Labute approximate surface area is 126 Å². The lowest BCUT2D eigenvalue weighted by molar-refractivity contribution is 0.456. The van der Waals surface area contributed by atoms with Gasteiger partial charge in [-0.25, -0.2) is 0 Å². The maximum Gasteiger partial charge on any atom is 0.191 e. The van der Waals surface area contributed by atoms with Gasteiger partial charge in [0, 0.05) is 25.6 Å². The predicted molar refractivity (Wildman–Crippen MR) is 87.7 cm³/mol. The fourth-order valence-corrected chi connectivity index (χ4v) is 2.38. The molecule has 0 bridgehead atoms. The first-order valence-electron chi connectivity index (χ1n) is 6.38. The van der Waals surface area contributed by atoms with Crippen LogP contribution in [-0.4, -0.2) is 30.5 Å². The Morgan fingerprint density at radius 2 is 2.00 bits per heavy atom. The minimum Gasteiger partial charge on any atom is -0.370 e. The number of hydrogen-bond donors (Lipinski definition) is 1. The molecule has 1 aliphatic rings. The maximum atomic E-state index is 5.96. The first-order chi connectivity index (χ1) is 8.26. The zero-order valence-electron chi connectivity index (χ0n) is 11.1. The van der Waals surface area contributed by atoms with Crippen LogP contribution in [0.5, 0.6) is 0 Å². The molecule has 1 unspecified atom stereocenters. The van der Waals surface area contributed by atoms with Gasteiger partial charge in [-0.1, -0.05) is 24.3 Å². The molecule has 18 heavy (non-hydrogen) atoms. The smallest absolute Gasteiger partial charge is 0.191 e. The van der Waals surface area contributed by atoms with Crippen molar-refractivity contribution in [3.8, 4) is 0 Å². The molecule has 2 rings (SSSR count). The van der Waals surface area contributed by atoms with E-state index in [-0.39, 0.29) is 24.0 Å². The van der Waals surface area contributed by atoms with Crippen LogP contribution >= 0.6 is 24.0 Å². The largest absolute Gasteiger partial charge is 0.370 e. The van der Waals surface area contributed by atoms with E-state index in [9.17, 15) is 0 Å². The third-order valence-electron chi connectivity index (χ3n) is 3.52. The zero-order valence-corrected chi connectivity index (χ0v) is 13.4. The first kappa shape index (κ1) is 15.3. The number of hydrogen-bond acceptors (Lipinski definition) is 1. The second kappa shape index (κ2) is 6.97. The van der Waals surface area contributed by atoms with Crippen molar-refractivity contribution >= 4 is 29.9 Å². The molecule has 0 spiro atoms. The number of nitrogens with zero attached hydrogens (tertiary/aromatic N) is 2. The molecule has 0 radical (unpaired) electrons. The van der Waals surface area contributed by atoms with E-state index in [1.165, 1.54) is 11.1 Å². The second-order valence-corrected chi connectivity index (χ2v) is 4.47. The monoisotopic (exact) mass is 359 g/mol. The summed E-state index contributed by atoms with van der Waals surface area (Å²) in [5.41, 5.74) is 8.88. The maximum absolute atomic E-state index is 5.96. The summed E-state index contributed by atoms with van der Waals surface area (Å²) in [7, 11) is 0. The van der Waals surface area contributed by atoms with Gasteiger partial charge >= 0.3 is 0 Å². The molecule has 1 atom stereocenters. The number of rotatable bonds is 4. The summed E-state index contributed by atoms with van der Waals surface area (Å²) in [4.78, 5) is 6.60. The number of aliphatic imine (C=N–C) groups is 1. The second-order valence-electron chi connectivity index (χ2n) is 4.47. The lowest BCUT2D eigenvalue weighted by atomic mass is 9.78. The minimum atomic E-state index is 0. The van der Waals surface area contributed by atoms with Crippen LogP contribution in [0.4, 0.5) is 0 Å². The third-order valence-corrected chi connectivity index (χ3v) is 3.52. The van der Waals surface area contributed by atoms with Crippen LogP contribution in [0.15, 0.2) is 29.3 Å². The molecular formula is C14H22IN3. The van der Waals surface area contributed by atoms with Crippen molar-refractivity contribution in [1.29, 1.82) is 0 Å². The molecule has 1 aromatic carbocycles. The van der Waals surface area contributed by atoms with Gasteiger partial charge in [0.15, 0.2) is 5.96 Å². The fourth-order valence-electron chi connectivity index (χ4n) is 2.38. The molecule has 2 N–H and O–H groups in total. The predicted octanol–water partition coefficient (Wildman–Crippen LogP) is 2.60. The van der Waals surface area contributed by atoms with E-state index in [1.807, 2.05) is 0 Å². The molecule has 0 aliphatic heterocycles. The summed E-state index contributed by atoms with van der Waals surface area (Å²) >= 11 is 0. The highest BCUT2D eigenvalue weighted by Crippen LogP contribution is 2.34. The summed E-state index contributed by atoms with van der Waals surface area (Å²) in [6.45, 7) is 6.87. The fraction of sp³-hybridized carbons (Fsp3) is 0.500. The van der Waals surface area contributed by atoms with Gasteiger partial charge in [0.05, 0.1) is 0 Å². The lowest BCUT2D eigenvalue weighted by Crippen LogP contribution is -2.37. The standard InChI is InChI=1S/C14H21N3.HI/c1-3-17(4-2)14(15)16-10-12-9-11-7-5-6-8-13(11)12;/h5-8,12H,3-4,9-10H2,1-2H3,(H2,15,16);1H. The Morgan fingerprint density at radius 1 is 1.33 bits per heavy atom. The highest BCUT2D eigenvalue weighted by molar-refractivity contribution is 14.0. The summed E-state index contributed by atoms with van der Waals surface area (Å²) in [5, 5.41) is 0. The van der Waals surface area contributed by atoms with Crippen molar-refractivity contribution in [3.63, 3.8) is 0 Å². The van der Waals surface area contributed by atoms with E-state index >= 15 is 0 Å². The summed E-state index contributed by atoms with van der Waals surface area (Å²) < 4.78 is 0. The normalized spacial score (nSPS) is 17.4. The molecule has 100 valence electrons. The molecular weight excluding hydrogens is 337 g/mol. The SMILES string of the molecule is CCN(CC)C(N)=NCC1Cc2ccccc21.I. The minimum absolute atomic E-state index is 0. The molecule has 3 nitrogen and oxygen atoms in total. The number of benzene rings is 1. The van der Waals surface area contributed by atoms with Crippen molar-refractivity contribution in [1.82, 2.24) is 4.90 Å². The number of nitrogens with two attached hydrogens (primary N) is 1. The molecule has 1 aliphatic carbocycles. The number of halogens is 1. The third kappa shape index (κ3) is 3.16. The van der Waals surface area contributed by atoms with Crippen LogP contribution in [0.1, 0.15) is 30.9 Å². The van der Waals surface area contributed by atoms with Crippen LogP contribution in [0.2, 0.25) is 0 Å². The van der Waals surface area contributed by atoms with Crippen molar-refractivity contribution in [2.24, 2.45) is 10.7 Å². The quantitative estimate of drug-likeness (QED) is 0.510. The van der Waals surface area contributed by atoms with Crippen LogP contribution in [0.25, 0.3) is 0 Å². The summed E-state index contributed by atoms with van der Waals surface area (Å²) in [6.07, 6.45) is 1.14. The van der Waals surface area contributed by atoms with Crippen molar-refractivity contribution in [2.45, 2.75) is 26.2 Å². The van der Waals surface area contributed by atoms with E-state index < -0.39 is 0 Å². The lowest BCUT2D eigenvalue weighted by Gasteiger charge is -2.29. The summed E-state index contributed by atoms with van der Waals surface area (Å²) in [5.74, 6) is 1.25. The van der Waals surface area contributed by atoms with Gasteiger partial charge in [0.25, 0.3) is 0 Å². The number of guanidine groups is 1. The summed E-state index contributed by atoms with van der Waals surface area (Å²) in [6, 6.07) is 8.60. The van der Waals surface area contributed by atoms with Crippen molar-refractivity contribution < 1.29 is 0 Å². The Hall–Kier alpha value is -0.780. The van der Waals surface area contributed by atoms with Crippen LogP contribution in [-0.2, 0) is 6.42 Å². The van der Waals surface area contributed by atoms with Crippen molar-refractivity contribution in [2.75, 3.05) is 19.6 Å². The van der Waals surface area contributed by atoms with Gasteiger partial charge in [-0.05, 0) is 31.4 Å².